The Hall–Kier alpha value is -1.66. The van der Waals surface area contributed by atoms with Crippen molar-refractivity contribution in [3.05, 3.63) is 28.8 Å². The maximum absolute atomic E-state index is 10.9. The van der Waals surface area contributed by atoms with Crippen LogP contribution in [-0.4, -0.2) is 17.7 Å². The monoisotopic (exact) mass is 224 g/mol. The summed E-state index contributed by atoms with van der Waals surface area (Å²) in [7, 11) is 0. The Bertz CT molecular complexity index is 429. The second-order valence-corrected chi connectivity index (χ2v) is 3.04. The highest BCUT2D eigenvalue weighted by Crippen LogP contribution is 2.20. The number of ether oxygens (including phenoxy) is 1. The first-order chi connectivity index (χ1) is 7.13. The molecule has 1 aromatic carbocycles. The molecule has 0 unspecified atom stereocenters. The van der Waals surface area contributed by atoms with Gasteiger partial charge < -0.3 is 9.84 Å². The van der Waals surface area contributed by atoms with E-state index in [1.165, 1.54) is 18.2 Å². The van der Waals surface area contributed by atoms with Crippen molar-refractivity contribution >= 4 is 17.6 Å². The number of rotatable bonds is 1. The Morgan fingerprint density at radius 3 is 2.93 bits per heavy atom. The Labute approximate surface area is 92.6 Å². The Morgan fingerprint density at radius 1 is 1.60 bits per heavy atom. The van der Waals surface area contributed by atoms with Crippen LogP contribution in [0, 0.1) is 11.8 Å². The van der Waals surface area contributed by atoms with Gasteiger partial charge in [0.05, 0.1) is 11.6 Å². The summed E-state index contributed by atoms with van der Waals surface area (Å²) in [6, 6.07) is 4.33. The first-order valence-corrected chi connectivity index (χ1v) is 4.68. The highest BCUT2D eigenvalue weighted by molar-refractivity contribution is 6.31. The lowest BCUT2D eigenvalue weighted by Gasteiger charge is -1.96. The van der Waals surface area contributed by atoms with Crippen LogP contribution in [0.1, 0.15) is 12.5 Å². The number of hydrogen-bond acceptors (Lipinski definition) is 3. The number of carbonyl (C=O) groups excluding carboxylic acids is 1. The summed E-state index contributed by atoms with van der Waals surface area (Å²) in [6.07, 6.45) is 0. The minimum atomic E-state index is -0.596. The van der Waals surface area contributed by atoms with Gasteiger partial charge in [-0.3, -0.25) is 0 Å². The highest BCUT2D eigenvalue weighted by atomic mass is 35.5. The molecule has 0 saturated heterocycles. The number of carbonyl (C=O) groups is 1. The van der Waals surface area contributed by atoms with Crippen LogP contribution in [0.15, 0.2) is 18.2 Å². The number of halogens is 1. The zero-order chi connectivity index (χ0) is 11.3. The van der Waals surface area contributed by atoms with E-state index in [2.05, 4.69) is 16.6 Å². The molecule has 0 aliphatic rings. The largest absolute Gasteiger partial charge is 0.508 e. The summed E-state index contributed by atoms with van der Waals surface area (Å²) in [4.78, 5) is 10.9. The minimum Gasteiger partial charge on any atom is -0.508 e. The van der Waals surface area contributed by atoms with E-state index in [-0.39, 0.29) is 12.4 Å². The topological polar surface area (TPSA) is 46.5 Å². The van der Waals surface area contributed by atoms with Crippen LogP contribution in [0.3, 0.4) is 0 Å². The second kappa shape index (κ2) is 5.28. The zero-order valence-corrected chi connectivity index (χ0v) is 8.84. The Kier molecular flexibility index (Phi) is 4.02. The third kappa shape index (κ3) is 3.53. The van der Waals surface area contributed by atoms with Gasteiger partial charge in [-0.05, 0) is 25.1 Å². The average molecular weight is 225 g/mol. The second-order valence-electron chi connectivity index (χ2n) is 2.63. The summed E-state index contributed by atoms with van der Waals surface area (Å²) >= 11 is 5.78. The fraction of sp³-hybridized carbons (Fsp3) is 0.182. The van der Waals surface area contributed by atoms with Crippen molar-refractivity contribution in [1.29, 1.82) is 0 Å². The first-order valence-electron chi connectivity index (χ1n) is 4.30. The van der Waals surface area contributed by atoms with Gasteiger partial charge in [0.15, 0.2) is 0 Å². The predicted octanol–water partition coefficient (Wildman–Crippen LogP) is 1.96. The third-order valence-electron chi connectivity index (χ3n) is 1.53. The van der Waals surface area contributed by atoms with Gasteiger partial charge in [0.2, 0.25) is 0 Å². The molecule has 0 atom stereocenters. The van der Waals surface area contributed by atoms with Crippen molar-refractivity contribution < 1.29 is 14.6 Å². The molecule has 0 aliphatic heterocycles. The molecule has 0 aliphatic carbocycles. The molecule has 1 rings (SSSR count). The van der Waals surface area contributed by atoms with E-state index >= 15 is 0 Å². The van der Waals surface area contributed by atoms with E-state index in [9.17, 15) is 4.79 Å². The molecule has 1 N–H and O–H groups in total. The maximum atomic E-state index is 10.9. The van der Waals surface area contributed by atoms with Crippen LogP contribution in [0.25, 0.3) is 0 Å². The number of hydrogen-bond donors (Lipinski definition) is 1. The smallest absolute Gasteiger partial charge is 0.384 e. The molecule has 0 fully saturated rings. The molecule has 4 heteroatoms. The standard InChI is InChI=1S/C11H9ClO3/c1-2-15-11(14)6-4-8-3-5-9(13)7-10(8)12/h3,5,7,13H,2H2,1H3. The molecule has 0 bridgehead atoms. The quantitative estimate of drug-likeness (QED) is 0.586. The Morgan fingerprint density at radius 2 is 2.33 bits per heavy atom. The van der Waals surface area contributed by atoms with Crippen LogP contribution >= 0.6 is 11.6 Å². The molecule has 1 aromatic rings. The minimum absolute atomic E-state index is 0.0571. The number of phenolic OH excluding ortho intramolecular Hbond substituents is 1. The van der Waals surface area contributed by atoms with Gasteiger partial charge in [-0.2, -0.15) is 0 Å². The molecule has 0 aromatic heterocycles. The van der Waals surface area contributed by atoms with Gasteiger partial charge in [-0.15, -0.1) is 0 Å². The van der Waals surface area contributed by atoms with E-state index in [0.29, 0.717) is 10.6 Å². The fourth-order valence-corrected chi connectivity index (χ4v) is 1.11. The number of aromatic hydroxyl groups is 1. The van der Waals surface area contributed by atoms with Crippen LogP contribution in [-0.2, 0) is 9.53 Å². The van der Waals surface area contributed by atoms with E-state index in [1.54, 1.807) is 6.92 Å². The van der Waals surface area contributed by atoms with Crippen LogP contribution < -0.4 is 0 Å². The molecule has 0 radical (unpaired) electrons. The van der Waals surface area contributed by atoms with Gasteiger partial charge in [-0.25, -0.2) is 4.79 Å². The van der Waals surface area contributed by atoms with E-state index in [4.69, 9.17) is 16.7 Å². The van der Waals surface area contributed by atoms with Gasteiger partial charge in [0.25, 0.3) is 0 Å². The predicted molar refractivity (Wildman–Crippen MR) is 56.6 cm³/mol. The van der Waals surface area contributed by atoms with Gasteiger partial charge in [-0.1, -0.05) is 17.5 Å². The van der Waals surface area contributed by atoms with Crippen molar-refractivity contribution in [2.75, 3.05) is 6.61 Å². The normalized spacial score (nSPS) is 8.93. The van der Waals surface area contributed by atoms with Crippen molar-refractivity contribution in [1.82, 2.24) is 0 Å². The van der Waals surface area contributed by atoms with Crippen LogP contribution in [0.2, 0.25) is 5.02 Å². The summed E-state index contributed by atoms with van der Waals surface area (Å²) in [5, 5.41) is 9.37. The molecule has 15 heavy (non-hydrogen) atoms. The van der Waals surface area contributed by atoms with Crippen molar-refractivity contribution in [3.8, 4) is 17.6 Å². The summed E-state index contributed by atoms with van der Waals surface area (Å²) in [5.41, 5.74) is 0.475. The third-order valence-corrected chi connectivity index (χ3v) is 1.84. The molecule has 78 valence electrons. The van der Waals surface area contributed by atoms with Crippen LogP contribution in [0.4, 0.5) is 0 Å². The molecular weight excluding hydrogens is 216 g/mol. The highest BCUT2D eigenvalue weighted by Gasteiger charge is 1.99. The lowest BCUT2D eigenvalue weighted by Crippen LogP contribution is -1.99. The summed E-state index contributed by atoms with van der Waals surface area (Å²) < 4.78 is 4.62. The first kappa shape index (κ1) is 11.4. The molecule has 0 spiro atoms. The van der Waals surface area contributed by atoms with E-state index < -0.39 is 5.97 Å². The van der Waals surface area contributed by atoms with Crippen molar-refractivity contribution in [3.63, 3.8) is 0 Å². The van der Waals surface area contributed by atoms with Crippen LogP contribution in [0.5, 0.6) is 5.75 Å². The van der Waals surface area contributed by atoms with Crippen molar-refractivity contribution in [2.24, 2.45) is 0 Å². The average Bonchev–Trinajstić information content (AvgIpc) is 2.17. The molecule has 0 heterocycles. The maximum Gasteiger partial charge on any atom is 0.384 e. The Balaban J connectivity index is 2.84. The number of phenols is 1. The van der Waals surface area contributed by atoms with Gasteiger partial charge in [0, 0.05) is 11.5 Å². The zero-order valence-electron chi connectivity index (χ0n) is 8.08. The van der Waals surface area contributed by atoms with E-state index in [0.717, 1.165) is 0 Å². The fourth-order valence-electron chi connectivity index (χ4n) is 0.891. The van der Waals surface area contributed by atoms with Gasteiger partial charge in [0.1, 0.15) is 5.75 Å². The number of esters is 1. The van der Waals surface area contributed by atoms with Gasteiger partial charge >= 0.3 is 5.97 Å². The lowest BCUT2D eigenvalue weighted by atomic mass is 10.2. The van der Waals surface area contributed by atoms with Crippen molar-refractivity contribution in [2.45, 2.75) is 6.92 Å². The molecule has 0 amide bonds. The van der Waals surface area contributed by atoms with E-state index in [1.807, 2.05) is 0 Å². The number of benzene rings is 1. The summed E-state index contributed by atoms with van der Waals surface area (Å²) in [5.74, 6) is 4.30. The SMILES string of the molecule is CCOC(=O)C#Cc1ccc(O)cc1Cl. The molecule has 0 saturated carbocycles. The lowest BCUT2D eigenvalue weighted by molar-refractivity contribution is -0.136. The summed E-state index contributed by atoms with van der Waals surface area (Å²) in [6.45, 7) is 1.99. The molecular formula is C11H9ClO3. The molecule has 3 nitrogen and oxygen atoms in total.